The van der Waals surface area contributed by atoms with Crippen LogP contribution in [0.15, 0.2) is 30.3 Å². The molecule has 4 nitrogen and oxygen atoms in total. The molecule has 1 aliphatic rings. The van der Waals surface area contributed by atoms with Crippen molar-refractivity contribution in [1.29, 1.82) is 0 Å². The van der Waals surface area contributed by atoms with Crippen LogP contribution in [0.4, 0.5) is 5.82 Å². The third kappa shape index (κ3) is 2.51. The minimum Gasteiger partial charge on any atom is -0.478 e. The summed E-state index contributed by atoms with van der Waals surface area (Å²) in [6.07, 6.45) is 1.15. The van der Waals surface area contributed by atoms with Crippen molar-refractivity contribution in [3.05, 3.63) is 35.9 Å². The number of aromatic carboxylic acids is 1. The number of hydrogen-bond acceptors (Lipinski definition) is 4. The quantitative estimate of drug-likeness (QED) is 0.901. The number of aromatic nitrogens is 1. The maximum absolute atomic E-state index is 11.1. The van der Waals surface area contributed by atoms with E-state index in [4.69, 9.17) is 5.11 Å². The largest absolute Gasteiger partial charge is 0.478 e. The van der Waals surface area contributed by atoms with Gasteiger partial charge in [-0.2, -0.15) is 11.8 Å². The Balaban J connectivity index is 1.94. The fourth-order valence-corrected chi connectivity index (χ4v) is 3.43. The third-order valence-electron chi connectivity index (χ3n) is 3.24. The number of anilines is 1. The van der Waals surface area contributed by atoms with Gasteiger partial charge in [-0.1, -0.05) is 6.07 Å². The molecule has 0 aliphatic carbocycles. The first-order chi connectivity index (χ1) is 9.24. The normalized spacial score (nSPS) is 18.6. The van der Waals surface area contributed by atoms with Crippen molar-refractivity contribution in [3.63, 3.8) is 0 Å². The molecule has 19 heavy (non-hydrogen) atoms. The Labute approximate surface area is 115 Å². The van der Waals surface area contributed by atoms with E-state index in [1.165, 1.54) is 5.75 Å². The summed E-state index contributed by atoms with van der Waals surface area (Å²) < 4.78 is 0. The van der Waals surface area contributed by atoms with Crippen LogP contribution in [0.5, 0.6) is 0 Å². The van der Waals surface area contributed by atoms with Crippen LogP contribution < -0.4 is 5.32 Å². The van der Waals surface area contributed by atoms with E-state index in [0.717, 1.165) is 23.5 Å². The fraction of sp³-hybridized carbons (Fsp3) is 0.286. The molecule has 0 bridgehead atoms. The number of thioether (sulfide) groups is 1. The van der Waals surface area contributed by atoms with Gasteiger partial charge in [0.05, 0.1) is 11.1 Å². The predicted octanol–water partition coefficient (Wildman–Crippen LogP) is 2.85. The monoisotopic (exact) mass is 274 g/mol. The van der Waals surface area contributed by atoms with Crippen LogP contribution in [-0.2, 0) is 0 Å². The van der Waals surface area contributed by atoms with Crippen molar-refractivity contribution in [3.8, 4) is 0 Å². The third-order valence-corrected chi connectivity index (χ3v) is 4.41. The molecule has 98 valence electrons. The Kier molecular flexibility index (Phi) is 3.29. The Hall–Kier alpha value is -1.75. The molecule has 0 spiro atoms. The second kappa shape index (κ2) is 5.09. The Morgan fingerprint density at radius 1 is 1.37 bits per heavy atom. The van der Waals surface area contributed by atoms with E-state index >= 15 is 0 Å². The number of fused-ring (bicyclic) bond motifs is 1. The van der Waals surface area contributed by atoms with Crippen LogP contribution in [0.1, 0.15) is 16.8 Å². The SMILES string of the molecule is O=C(O)c1cccc2nc(NC3CCSC3)ccc12. The molecule has 2 heterocycles. The lowest BCUT2D eigenvalue weighted by molar-refractivity contribution is 0.0699. The number of carboxylic acid groups (broad SMARTS) is 1. The topological polar surface area (TPSA) is 62.2 Å². The number of pyridine rings is 1. The van der Waals surface area contributed by atoms with Crippen LogP contribution in [-0.4, -0.2) is 33.6 Å². The van der Waals surface area contributed by atoms with E-state index < -0.39 is 5.97 Å². The zero-order chi connectivity index (χ0) is 13.2. The van der Waals surface area contributed by atoms with Crippen LogP contribution in [0.25, 0.3) is 10.9 Å². The van der Waals surface area contributed by atoms with Crippen molar-refractivity contribution >= 4 is 34.5 Å². The summed E-state index contributed by atoms with van der Waals surface area (Å²) in [5.41, 5.74) is 1.02. The minimum absolute atomic E-state index is 0.299. The molecule has 3 rings (SSSR count). The van der Waals surface area contributed by atoms with E-state index in [2.05, 4.69) is 10.3 Å². The molecular formula is C14H14N2O2S. The van der Waals surface area contributed by atoms with Gasteiger partial charge in [0, 0.05) is 17.2 Å². The Morgan fingerprint density at radius 3 is 3.00 bits per heavy atom. The molecular weight excluding hydrogens is 260 g/mol. The van der Waals surface area contributed by atoms with E-state index in [-0.39, 0.29) is 0 Å². The Bertz CT molecular complexity index is 624. The van der Waals surface area contributed by atoms with Gasteiger partial charge >= 0.3 is 5.97 Å². The molecule has 0 radical (unpaired) electrons. The summed E-state index contributed by atoms with van der Waals surface area (Å²) in [4.78, 5) is 15.6. The van der Waals surface area contributed by atoms with Gasteiger partial charge in [0.15, 0.2) is 0 Å². The second-order valence-corrected chi connectivity index (χ2v) is 5.73. The van der Waals surface area contributed by atoms with Crippen LogP contribution >= 0.6 is 11.8 Å². The molecule has 2 aromatic rings. The molecule has 1 unspecified atom stereocenters. The predicted molar refractivity (Wildman–Crippen MR) is 78.1 cm³/mol. The smallest absolute Gasteiger partial charge is 0.336 e. The number of nitrogens with one attached hydrogen (secondary N) is 1. The first-order valence-corrected chi connectivity index (χ1v) is 7.37. The fourth-order valence-electron chi connectivity index (χ4n) is 2.28. The molecule has 1 aromatic carbocycles. The lowest BCUT2D eigenvalue weighted by Crippen LogP contribution is -2.18. The average Bonchev–Trinajstić information content (AvgIpc) is 2.90. The lowest BCUT2D eigenvalue weighted by Gasteiger charge is -2.12. The van der Waals surface area contributed by atoms with Gasteiger partial charge in [-0.15, -0.1) is 0 Å². The van der Waals surface area contributed by atoms with E-state index in [1.807, 2.05) is 30.0 Å². The van der Waals surface area contributed by atoms with Gasteiger partial charge in [0.2, 0.25) is 0 Å². The van der Waals surface area contributed by atoms with Crippen molar-refractivity contribution in [2.24, 2.45) is 0 Å². The molecule has 2 N–H and O–H groups in total. The number of hydrogen-bond donors (Lipinski definition) is 2. The van der Waals surface area contributed by atoms with Gasteiger partial charge < -0.3 is 10.4 Å². The number of rotatable bonds is 3. The highest BCUT2D eigenvalue weighted by Crippen LogP contribution is 2.23. The lowest BCUT2D eigenvalue weighted by atomic mass is 10.1. The molecule has 5 heteroatoms. The van der Waals surface area contributed by atoms with Gasteiger partial charge in [0.1, 0.15) is 5.82 Å². The van der Waals surface area contributed by atoms with Gasteiger partial charge in [-0.25, -0.2) is 9.78 Å². The van der Waals surface area contributed by atoms with Crippen LogP contribution in [0, 0.1) is 0 Å². The van der Waals surface area contributed by atoms with Crippen molar-refractivity contribution in [1.82, 2.24) is 4.98 Å². The minimum atomic E-state index is -0.916. The van der Waals surface area contributed by atoms with Gasteiger partial charge in [-0.3, -0.25) is 0 Å². The highest BCUT2D eigenvalue weighted by Gasteiger charge is 2.16. The van der Waals surface area contributed by atoms with Crippen LogP contribution in [0.3, 0.4) is 0 Å². The molecule has 1 aliphatic heterocycles. The summed E-state index contributed by atoms with van der Waals surface area (Å²) in [5, 5.41) is 13.2. The molecule has 1 saturated heterocycles. The highest BCUT2D eigenvalue weighted by molar-refractivity contribution is 7.99. The van der Waals surface area contributed by atoms with E-state index in [9.17, 15) is 4.79 Å². The molecule has 1 fully saturated rings. The summed E-state index contributed by atoms with van der Waals surface area (Å²) in [5.74, 6) is 2.20. The zero-order valence-corrected chi connectivity index (χ0v) is 11.1. The van der Waals surface area contributed by atoms with Gasteiger partial charge in [0.25, 0.3) is 0 Å². The first kappa shape index (κ1) is 12.3. The van der Waals surface area contributed by atoms with Crippen LogP contribution in [0.2, 0.25) is 0 Å². The molecule has 1 atom stereocenters. The van der Waals surface area contributed by atoms with Crippen molar-refractivity contribution in [2.75, 3.05) is 16.8 Å². The number of carbonyl (C=O) groups is 1. The number of nitrogens with zero attached hydrogens (tertiary/aromatic N) is 1. The van der Waals surface area contributed by atoms with Crippen molar-refractivity contribution in [2.45, 2.75) is 12.5 Å². The zero-order valence-electron chi connectivity index (χ0n) is 10.3. The average molecular weight is 274 g/mol. The number of carboxylic acids is 1. The first-order valence-electron chi connectivity index (χ1n) is 6.21. The molecule has 0 saturated carbocycles. The maximum atomic E-state index is 11.1. The second-order valence-electron chi connectivity index (χ2n) is 4.58. The maximum Gasteiger partial charge on any atom is 0.336 e. The van der Waals surface area contributed by atoms with Gasteiger partial charge in [-0.05, 0) is 36.4 Å². The summed E-state index contributed by atoms with van der Waals surface area (Å²) in [6.45, 7) is 0. The van der Waals surface area contributed by atoms with E-state index in [1.54, 1.807) is 12.1 Å². The highest BCUT2D eigenvalue weighted by atomic mass is 32.2. The Morgan fingerprint density at radius 2 is 2.26 bits per heavy atom. The summed E-state index contributed by atoms with van der Waals surface area (Å²) in [6, 6.07) is 9.34. The number of benzene rings is 1. The molecule has 1 aromatic heterocycles. The standard InChI is InChI=1S/C14H14N2O2S/c17-14(18)11-2-1-3-12-10(11)4-5-13(16-12)15-9-6-7-19-8-9/h1-5,9H,6-8H2,(H,15,16)(H,17,18). The van der Waals surface area contributed by atoms with E-state index in [0.29, 0.717) is 17.0 Å². The summed E-state index contributed by atoms with van der Waals surface area (Å²) in [7, 11) is 0. The van der Waals surface area contributed by atoms with Crippen molar-refractivity contribution < 1.29 is 9.90 Å². The summed E-state index contributed by atoms with van der Waals surface area (Å²) >= 11 is 1.94. The molecule has 0 amide bonds.